The molecule has 2 N–H and O–H groups in total. The molecule has 38 heavy (non-hydrogen) atoms. The maximum atomic E-state index is 12.2. The molecule has 3 fully saturated rings. The molecule has 3 heterocycles. The quantitative estimate of drug-likeness (QED) is 0.166. The van der Waals surface area contributed by atoms with E-state index in [9.17, 15) is 9.59 Å². The van der Waals surface area contributed by atoms with E-state index < -0.39 is 6.09 Å². The number of epoxide rings is 1. The molecule has 0 radical (unpaired) electrons. The van der Waals surface area contributed by atoms with Crippen molar-refractivity contribution < 1.29 is 33.3 Å². The molecule has 0 aromatic carbocycles. The number of hydrogen-bond donors (Lipinski definition) is 2. The van der Waals surface area contributed by atoms with Gasteiger partial charge < -0.3 is 34.3 Å². The number of hydrogen-bond acceptors (Lipinski definition) is 7. The van der Waals surface area contributed by atoms with Crippen molar-refractivity contribution in [3.8, 4) is 0 Å². The normalized spacial score (nSPS) is 29.9. The van der Waals surface area contributed by atoms with E-state index in [-0.39, 0.29) is 41.6 Å². The van der Waals surface area contributed by atoms with Crippen LogP contribution in [-0.2, 0) is 28.5 Å². The van der Waals surface area contributed by atoms with E-state index >= 15 is 0 Å². The van der Waals surface area contributed by atoms with Crippen molar-refractivity contribution in [1.82, 2.24) is 10.6 Å². The van der Waals surface area contributed by atoms with Gasteiger partial charge >= 0.3 is 6.09 Å². The molecule has 0 bridgehead atoms. The average Bonchev–Trinajstić information content (AvgIpc) is 3.59. The molecule has 3 aliphatic rings. The molecule has 9 nitrogen and oxygen atoms in total. The lowest BCUT2D eigenvalue weighted by Gasteiger charge is -2.38. The molecule has 3 rings (SSSR count). The largest absolute Gasteiger partial charge is 0.450 e. The predicted molar refractivity (Wildman–Crippen MR) is 145 cm³/mol. The highest BCUT2D eigenvalue weighted by Crippen LogP contribution is 2.46. The Hall–Kier alpha value is -2.20. The van der Waals surface area contributed by atoms with Gasteiger partial charge in [0.15, 0.2) is 6.29 Å². The van der Waals surface area contributed by atoms with Crippen LogP contribution >= 0.6 is 0 Å². The standard InChI is InChI=1S/C29H46N2O7/c1-6-7-8-15-34-27(33)30-22(3)11-13-25(32)31-23-17-35-26(36-18-23)14-10-21(2)9-12-24-16-29(20-37-29)19-28(4,5)38-24/h9-13,22-24,26H,6-8,14-20H2,1-5H3,(H,30,33)(H,31,32)/b12-9+,13-11-,21-10+/t22-,23?,24+,26?,29+/m0/s1. The third-order valence-electron chi connectivity index (χ3n) is 6.73. The van der Waals surface area contributed by atoms with E-state index in [1.807, 2.05) is 6.92 Å². The third-order valence-corrected chi connectivity index (χ3v) is 6.73. The predicted octanol–water partition coefficient (Wildman–Crippen LogP) is 4.32. The lowest BCUT2D eigenvalue weighted by atomic mass is 9.85. The molecule has 3 atom stereocenters. The van der Waals surface area contributed by atoms with E-state index in [1.165, 1.54) is 6.08 Å². The minimum Gasteiger partial charge on any atom is -0.450 e. The summed E-state index contributed by atoms with van der Waals surface area (Å²) in [6.45, 7) is 12.1. The topological polar surface area (TPSA) is 108 Å². The summed E-state index contributed by atoms with van der Waals surface area (Å²) in [6.07, 6.45) is 13.9. The Morgan fingerprint density at radius 3 is 2.58 bits per heavy atom. The Labute approximate surface area is 227 Å². The number of carbonyl (C=O) groups excluding carboxylic acids is 2. The summed E-state index contributed by atoms with van der Waals surface area (Å²) < 4.78 is 28.6. The van der Waals surface area contributed by atoms with E-state index in [1.54, 1.807) is 13.0 Å². The third kappa shape index (κ3) is 10.9. The highest BCUT2D eigenvalue weighted by molar-refractivity contribution is 5.87. The van der Waals surface area contributed by atoms with Gasteiger partial charge in [0.1, 0.15) is 0 Å². The summed E-state index contributed by atoms with van der Waals surface area (Å²) >= 11 is 0. The smallest absolute Gasteiger partial charge is 0.407 e. The fourth-order valence-corrected chi connectivity index (χ4v) is 4.78. The zero-order valence-electron chi connectivity index (χ0n) is 23.6. The highest BCUT2D eigenvalue weighted by atomic mass is 16.7. The van der Waals surface area contributed by atoms with Crippen molar-refractivity contribution in [1.29, 1.82) is 0 Å². The van der Waals surface area contributed by atoms with Gasteiger partial charge in [0, 0.05) is 31.4 Å². The van der Waals surface area contributed by atoms with Crippen LogP contribution < -0.4 is 10.6 Å². The number of carbonyl (C=O) groups is 2. The van der Waals surface area contributed by atoms with Gasteiger partial charge in [0.2, 0.25) is 5.91 Å². The van der Waals surface area contributed by atoms with Crippen LogP contribution in [0.4, 0.5) is 4.79 Å². The number of rotatable bonds is 12. The van der Waals surface area contributed by atoms with Crippen LogP contribution in [0.25, 0.3) is 0 Å². The first-order valence-electron chi connectivity index (χ1n) is 13.9. The molecule has 0 aromatic rings. The summed E-state index contributed by atoms with van der Waals surface area (Å²) in [6, 6.07) is -0.560. The second kappa shape index (κ2) is 14.3. The second-order valence-electron chi connectivity index (χ2n) is 11.2. The highest BCUT2D eigenvalue weighted by Gasteiger charge is 2.53. The zero-order chi connectivity index (χ0) is 27.6. The van der Waals surface area contributed by atoms with E-state index in [4.69, 9.17) is 23.7 Å². The molecule has 2 amide bonds. The molecule has 0 aliphatic carbocycles. The average molecular weight is 535 g/mol. The van der Waals surface area contributed by atoms with Crippen LogP contribution in [0, 0.1) is 0 Å². The van der Waals surface area contributed by atoms with Crippen molar-refractivity contribution in [3.05, 3.63) is 36.0 Å². The Morgan fingerprint density at radius 1 is 1.16 bits per heavy atom. The number of nitrogens with one attached hydrogen (secondary N) is 2. The van der Waals surface area contributed by atoms with Gasteiger partial charge in [-0.2, -0.15) is 0 Å². The molecule has 0 saturated carbocycles. The second-order valence-corrected chi connectivity index (χ2v) is 11.2. The molecule has 214 valence electrons. The van der Waals surface area contributed by atoms with Gasteiger partial charge in [-0.3, -0.25) is 4.79 Å². The van der Waals surface area contributed by atoms with Crippen LogP contribution in [0.2, 0.25) is 0 Å². The fourth-order valence-electron chi connectivity index (χ4n) is 4.78. The summed E-state index contributed by atoms with van der Waals surface area (Å²) in [7, 11) is 0. The van der Waals surface area contributed by atoms with Gasteiger partial charge in [0.05, 0.1) is 49.8 Å². The van der Waals surface area contributed by atoms with Crippen molar-refractivity contribution >= 4 is 12.0 Å². The maximum absolute atomic E-state index is 12.2. The molecule has 0 unspecified atom stereocenters. The Kier molecular flexibility index (Phi) is 11.4. The van der Waals surface area contributed by atoms with Gasteiger partial charge in [-0.25, -0.2) is 4.79 Å². The van der Waals surface area contributed by atoms with Crippen LogP contribution in [-0.4, -0.2) is 74.1 Å². The first-order valence-corrected chi connectivity index (χ1v) is 13.9. The van der Waals surface area contributed by atoms with Crippen LogP contribution in [0.3, 0.4) is 0 Å². The Morgan fingerprint density at radius 2 is 1.89 bits per heavy atom. The first-order chi connectivity index (χ1) is 18.1. The monoisotopic (exact) mass is 534 g/mol. The number of amides is 2. The molecule has 1 spiro atoms. The summed E-state index contributed by atoms with van der Waals surface area (Å²) in [5, 5.41) is 5.55. The van der Waals surface area contributed by atoms with E-state index in [0.717, 1.165) is 44.3 Å². The summed E-state index contributed by atoms with van der Waals surface area (Å²) in [4.78, 5) is 24.0. The lowest BCUT2D eigenvalue weighted by Crippen LogP contribution is -2.46. The molecule has 3 aliphatic heterocycles. The fraction of sp³-hybridized carbons (Fsp3) is 0.724. The van der Waals surface area contributed by atoms with Crippen LogP contribution in [0.5, 0.6) is 0 Å². The van der Waals surface area contributed by atoms with Gasteiger partial charge in [-0.05, 0) is 34.1 Å². The van der Waals surface area contributed by atoms with Gasteiger partial charge in [-0.15, -0.1) is 0 Å². The van der Waals surface area contributed by atoms with Gasteiger partial charge in [-0.1, -0.05) is 49.6 Å². The van der Waals surface area contributed by atoms with Crippen molar-refractivity contribution in [2.75, 3.05) is 26.4 Å². The number of allylic oxidation sites excluding steroid dienone is 2. The number of unbranched alkanes of at least 4 members (excludes halogenated alkanes) is 2. The maximum Gasteiger partial charge on any atom is 0.407 e. The lowest BCUT2D eigenvalue weighted by molar-refractivity contribution is -0.187. The number of alkyl carbamates (subject to hydrolysis) is 1. The van der Waals surface area contributed by atoms with Gasteiger partial charge in [0.25, 0.3) is 0 Å². The Bertz CT molecular complexity index is 864. The number of ether oxygens (including phenoxy) is 5. The van der Waals surface area contributed by atoms with Crippen LogP contribution in [0.15, 0.2) is 36.0 Å². The summed E-state index contributed by atoms with van der Waals surface area (Å²) in [5.74, 6) is -0.266. The zero-order valence-corrected chi connectivity index (χ0v) is 23.6. The minimum absolute atomic E-state index is 0.0105. The summed E-state index contributed by atoms with van der Waals surface area (Å²) in [5.41, 5.74) is 0.947. The Balaban J connectivity index is 1.31. The van der Waals surface area contributed by atoms with E-state index in [2.05, 4.69) is 49.6 Å². The van der Waals surface area contributed by atoms with Crippen molar-refractivity contribution in [2.24, 2.45) is 0 Å². The SMILES string of the molecule is CCCCCOC(=O)N[C@@H](C)/C=C\C(=O)NC1COC(C/C=C(C)/C=C/[C@@H]2C[C@]3(CO3)CC(C)(C)O2)OC1. The van der Waals surface area contributed by atoms with Crippen molar-refractivity contribution in [3.63, 3.8) is 0 Å². The molecule has 0 aromatic heterocycles. The van der Waals surface area contributed by atoms with E-state index in [0.29, 0.717) is 26.2 Å². The first kappa shape index (κ1) is 30.3. The molecular weight excluding hydrogens is 488 g/mol. The molecule has 3 saturated heterocycles. The van der Waals surface area contributed by atoms with Crippen LogP contribution in [0.1, 0.15) is 73.1 Å². The molecule has 9 heteroatoms. The minimum atomic E-state index is -0.480. The molecular formula is C29H46N2O7. The van der Waals surface area contributed by atoms with Crippen molar-refractivity contribution in [2.45, 2.75) is 109 Å².